The SMILES string of the molecule is CNCC1=CCCO1. The van der Waals surface area contributed by atoms with Crippen molar-refractivity contribution in [2.45, 2.75) is 6.42 Å². The molecule has 0 bridgehead atoms. The van der Waals surface area contributed by atoms with E-state index in [9.17, 15) is 0 Å². The number of likely N-dealkylation sites (N-methyl/N-ethyl adjacent to an activating group) is 1. The molecule has 1 aliphatic rings. The van der Waals surface area contributed by atoms with Crippen LogP contribution in [0.15, 0.2) is 11.8 Å². The molecule has 1 rings (SSSR count). The second-order valence-corrected chi connectivity index (χ2v) is 1.84. The van der Waals surface area contributed by atoms with Crippen LogP contribution in [0.1, 0.15) is 6.42 Å². The zero-order chi connectivity index (χ0) is 5.82. The molecule has 0 saturated heterocycles. The molecule has 0 saturated carbocycles. The molecule has 46 valence electrons. The van der Waals surface area contributed by atoms with Crippen LogP contribution >= 0.6 is 0 Å². The molecule has 2 nitrogen and oxygen atoms in total. The third-order valence-corrected chi connectivity index (χ3v) is 1.13. The van der Waals surface area contributed by atoms with Gasteiger partial charge >= 0.3 is 0 Å². The van der Waals surface area contributed by atoms with Gasteiger partial charge in [0.15, 0.2) is 0 Å². The molecule has 0 aromatic heterocycles. The molecule has 0 fully saturated rings. The maximum Gasteiger partial charge on any atom is 0.106 e. The van der Waals surface area contributed by atoms with Gasteiger partial charge in [0.05, 0.1) is 13.2 Å². The summed E-state index contributed by atoms with van der Waals surface area (Å²) < 4.78 is 5.19. The summed E-state index contributed by atoms with van der Waals surface area (Å²) in [5.74, 6) is 1.09. The van der Waals surface area contributed by atoms with E-state index >= 15 is 0 Å². The minimum absolute atomic E-state index is 0.872. The summed E-state index contributed by atoms with van der Waals surface area (Å²) in [4.78, 5) is 0. The molecule has 1 N–H and O–H groups in total. The summed E-state index contributed by atoms with van der Waals surface area (Å²) in [5.41, 5.74) is 0. The molecule has 0 spiro atoms. The van der Waals surface area contributed by atoms with E-state index in [-0.39, 0.29) is 0 Å². The van der Waals surface area contributed by atoms with E-state index < -0.39 is 0 Å². The Morgan fingerprint density at radius 3 is 3.25 bits per heavy atom. The van der Waals surface area contributed by atoms with Gasteiger partial charge < -0.3 is 10.1 Å². The maximum absolute atomic E-state index is 5.19. The van der Waals surface area contributed by atoms with Crippen molar-refractivity contribution in [2.24, 2.45) is 0 Å². The van der Waals surface area contributed by atoms with Crippen LogP contribution in [-0.4, -0.2) is 20.2 Å². The summed E-state index contributed by atoms with van der Waals surface area (Å²) in [6.07, 6.45) is 3.20. The van der Waals surface area contributed by atoms with Gasteiger partial charge in [-0.3, -0.25) is 0 Å². The second kappa shape index (κ2) is 2.72. The van der Waals surface area contributed by atoms with Gasteiger partial charge in [0.1, 0.15) is 5.76 Å². The lowest BCUT2D eigenvalue weighted by molar-refractivity contribution is 0.238. The minimum atomic E-state index is 0.872. The topological polar surface area (TPSA) is 21.3 Å². The number of hydrogen-bond donors (Lipinski definition) is 1. The average Bonchev–Trinajstić information content (AvgIpc) is 2.19. The van der Waals surface area contributed by atoms with Gasteiger partial charge in [0, 0.05) is 6.42 Å². The van der Waals surface area contributed by atoms with Crippen molar-refractivity contribution in [3.05, 3.63) is 11.8 Å². The normalized spacial score (nSPS) is 17.9. The number of rotatable bonds is 2. The van der Waals surface area contributed by atoms with E-state index in [4.69, 9.17) is 4.74 Å². The molecule has 1 aliphatic heterocycles. The molecule has 0 aliphatic carbocycles. The first kappa shape index (κ1) is 5.63. The predicted molar refractivity (Wildman–Crippen MR) is 32.6 cm³/mol. The van der Waals surface area contributed by atoms with E-state index in [0.29, 0.717) is 0 Å². The fourth-order valence-electron chi connectivity index (χ4n) is 0.766. The Morgan fingerprint density at radius 2 is 2.75 bits per heavy atom. The highest BCUT2D eigenvalue weighted by Gasteiger charge is 2.01. The molecule has 0 atom stereocenters. The van der Waals surface area contributed by atoms with Crippen LogP contribution in [0.3, 0.4) is 0 Å². The summed E-state index contributed by atoms with van der Waals surface area (Å²) in [7, 11) is 1.92. The first-order valence-corrected chi connectivity index (χ1v) is 2.90. The molecule has 2 heteroatoms. The molecule has 0 radical (unpaired) electrons. The zero-order valence-electron chi connectivity index (χ0n) is 5.11. The van der Waals surface area contributed by atoms with E-state index in [1.807, 2.05) is 7.05 Å². The molecular weight excluding hydrogens is 102 g/mol. The van der Waals surface area contributed by atoms with Crippen LogP contribution in [0, 0.1) is 0 Å². The van der Waals surface area contributed by atoms with Gasteiger partial charge in [-0.1, -0.05) is 0 Å². The van der Waals surface area contributed by atoms with Crippen LogP contribution in [0.25, 0.3) is 0 Å². The highest BCUT2D eigenvalue weighted by Crippen LogP contribution is 2.06. The number of ether oxygens (including phenoxy) is 1. The Kier molecular flexibility index (Phi) is 1.92. The van der Waals surface area contributed by atoms with Crippen molar-refractivity contribution in [3.8, 4) is 0 Å². The monoisotopic (exact) mass is 113 g/mol. The van der Waals surface area contributed by atoms with Crippen LogP contribution in [0.4, 0.5) is 0 Å². The van der Waals surface area contributed by atoms with Crippen molar-refractivity contribution < 1.29 is 4.74 Å². The van der Waals surface area contributed by atoms with Crippen molar-refractivity contribution in [3.63, 3.8) is 0 Å². The molecule has 0 aromatic carbocycles. The maximum atomic E-state index is 5.19. The van der Waals surface area contributed by atoms with Crippen LogP contribution in [0.5, 0.6) is 0 Å². The van der Waals surface area contributed by atoms with Crippen LogP contribution < -0.4 is 5.32 Å². The molecule has 0 unspecified atom stereocenters. The van der Waals surface area contributed by atoms with Gasteiger partial charge in [0.2, 0.25) is 0 Å². The lowest BCUT2D eigenvalue weighted by Crippen LogP contribution is -2.10. The molecule has 0 aromatic rings. The third kappa shape index (κ3) is 1.23. The highest BCUT2D eigenvalue weighted by molar-refractivity contribution is 4.99. The molecule has 1 heterocycles. The van der Waals surface area contributed by atoms with Gasteiger partial charge in [0.25, 0.3) is 0 Å². The molecule has 0 amide bonds. The lowest BCUT2D eigenvalue weighted by Gasteiger charge is -1.99. The van der Waals surface area contributed by atoms with E-state index in [0.717, 1.165) is 25.3 Å². The van der Waals surface area contributed by atoms with Gasteiger partial charge in [-0.2, -0.15) is 0 Å². The summed E-state index contributed by atoms with van der Waals surface area (Å²) in [5, 5.41) is 3.02. The Bertz CT molecular complexity index is 98.7. The van der Waals surface area contributed by atoms with Crippen LogP contribution in [0.2, 0.25) is 0 Å². The van der Waals surface area contributed by atoms with Gasteiger partial charge in [-0.25, -0.2) is 0 Å². The average molecular weight is 113 g/mol. The highest BCUT2D eigenvalue weighted by atomic mass is 16.5. The first-order chi connectivity index (χ1) is 3.93. The van der Waals surface area contributed by atoms with E-state index in [1.165, 1.54) is 0 Å². The smallest absolute Gasteiger partial charge is 0.106 e. The standard InChI is InChI=1S/C6H11NO/c1-7-5-6-3-2-4-8-6/h3,7H,2,4-5H2,1H3. The number of nitrogens with one attached hydrogen (secondary N) is 1. The first-order valence-electron chi connectivity index (χ1n) is 2.90. The fraction of sp³-hybridized carbons (Fsp3) is 0.667. The van der Waals surface area contributed by atoms with Crippen molar-refractivity contribution in [1.82, 2.24) is 5.32 Å². The van der Waals surface area contributed by atoms with Crippen LogP contribution in [-0.2, 0) is 4.74 Å². The Hall–Kier alpha value is -0.500. The fourth-order valence-corrected chi connectivity index (χ4v) is 0.766. The Balaban J connectivity index is 2.23. The van der Waals surface area contributed by atoms with Crippen molar-refractivity contribution in [2.75, 3.05) is 20.2 Å². The summed E-state index contributed by atoms with van der Waals surface area (Å²) >= 11 is 0. The minimum Gasteiger partial charge on any atom is -0.497 e. The predicted octanol–water partition coefficient (Wildman–Crippen LogP) is 0.510. The molecule has 8 heavy (non-hydrogen) atoms. The number of hydrogen-bond acceptors (Lipinski definition) is 2. The van der Waals surface area contributed by atoms with Crippen molar-refractivity contribution in [1.29, 1.82) is 0 Å². The lowest BCUT2D eigenvalue weighted by atomic mass is 10.4. The Morgan fingerprint density at radius 1 is 1.88 bits per heavy atom. The van der Waals surface area contributed by atoms with Gasteiger partial charge in [-0.05, 0) is 13.1 Å². The Labute approximate surface area is 49.5 Å². The quantitative estimate of drug-likeness (QED) is 0.563. The zero-order valence-corrected chi connectivity index (χ0v) is 5.11. The largest absolute Gasteiger partial charge is 0.497 e. The summed E-state index contributed by atoms with van der Waals surface area (Å²) in [6.45, 7) is 1.75. The molecular formula is C6H11NO. The van der Waals surface area contributed by atoms with Crippen molar-refractivity contribution >= 4 is 0 Å². The second-order valence-electron chi connectivity index (χ2n) is 1.84. The third-order valence-electron chi connectivity index (χ3n) is 1.13. The van der Waals surface area contributed by atoms with E-state index in [1.54, 1.807) is 0 Å². The van der Waals surface area contributed by atoms with Gasteiger partial charge in [-0.15, -0.1) is 0 Å². The summed E-state index contributed by atoms with van der Waals surface area (Å²) in [6, 6.07) is 0. The van der Waals surface area contributed by atoms with E-state index in [2.05, 4.69) is 11.4 Å².